The van der Waals surface area contributed by atoms with Gasteiger partial charge in [-0.1, -0.05) is 66.4 Å². The Balaban J connectivity index is 1.44. The summed E-state index contributed by atoms with van der Waals surface area (Å²) < 4.78 is 7.82. The van der Waals surface area contributed by atoms with Gasteiger partial charge in [-0.2, -0.15) is 0 Å². The number of nitrogens with zero attached hydrogens (tertiary/aromatic N) is 2. The van der Waals surface area contributed by atoms with Crippen molar-refractivity contribution in [3.8, 4) is 11.4 Å². The quantitative estimate of drug-likeness (QED) is 0.168. The zero-order chi connectivity index (χ0) is 22.1. The molecule has 3 aromatic carbocycles. The van der Waals surface area contributed by atoms with E-state index in [4.69, 9.17) is 9.72 Å². The summed E-state index contributed by atoms with van der Waals surface area (Å²) in [5.41, 5.74) is 1.83. The standard InChI is InChI=1S/C26H22N2O2S2/c1-17-18(2)32-24-23(17)25(29)28(20-11-4-3-5-12-20)26(27-24)31-16-15-30-22-14-8-10-19-9-6-7-13-21(19)22/h3-14H,15-16H2,1-2H3. The van der Waals surface area contributed by atoms with Crippen LogP contribution in [0.15, 0.2) is 82.7 Å². The van der Waals surface area contributed by atoms with Crippen LogP contribution in [0.4, 0.5) is 0 Å². The fourth-order valence-corrected chi connectivity index (χ4v) is 5.68. The first-order valence-corrected chi connectivity index (χ1v) is 12.3. The number of rotatable bonds is 6. The van der Waals surface area contributed by atoms with Crippen molar-refractivity contribution in [1.29, 1.82) is 0 Å². The minimum Gasteiger partial charge on any atom is -0.492 e. The predicted octanol–water partition coefficient (Wildman–Crippen LogP) is 6.39. The average molecular weight is 459 g/mol. The number of benzene rings is 3. The van der Waals surface area contributed by atoms with E-state index in [9.17, 15) is 4.79 Å². The van der Waals surface area contributed by atoms with Crippen molar-refractivity contribution in [3.63, 3.8) is 0 Å². The molecule has 0 amide bonds. The predicted molar refractivity (Wildman–Crippen MR) is 135 cm³/mol. The van der Waals surface area contributed by atoms with Crippen LogP contribution in [-0.4, -0.2) is 21.9 Å². The number of thiophene rings is 1. The van der Waals surface area contributed by atoms with Crippen molar-refractivity contribution in [1.82, 2.24) is 9.55 Å². The van der Waals surface area contributed by atoms with Crippen LogP contribution >= 0.6 is 23.1 Å². The largest absolute Gasteiger partial charge is 0.492 e. The molecule has 4 nitrogen and oxygen atoms in total. The molecule has 0 fully saturated rings. The lowest BCUT2D eigenvalue weighted by Gasteiger charge is -2.13. The molecule has 0 radical (unpaired) electrons. The molecule has 0 aliphatic rings. The molecular weight excluding hydrogens is 436 g/mol. The first-order valence-electron chi connectivity index (χ1n) is 10.4. The molecule has 0 aliphatic heterocycles. The van der Waals surface area contributed by atoms with Crippen molar-refractivity contribution in [3.05, 3.63) is 93.6 Å². The lowest BCUT2D eigenvalue weighted by atomic mass is 10.1. The minimum absolute atomic E-state index is 0.0134. The Morgan fingerprint density at radius 2 is 1.72 bits per heavy atom. The van der Waals surface area contributed by atoms with Crippen LogP contribution in [0.1, 0.15) is 10.4 Å². The van der Waals surface area contributed by atoms with E-state index in [0.717, 1.165) is 37.5 Å². The third-order valence-corrected chi connectivity index (χ3v) is 7.51. The van der Waals surface area contributed by atoms with Gasteiger partial charge in [-0.3, -0.25) is 9.36 Å². The minimum atomic E-state index is -0.0134. The second-order valence-corrected chi connectivity index (χ2v) is 9.77. The molecule has 0 N–H and O–H groups in total. The van der Waals surface area contributed by atoms with Gasteiger partial charge in [0.2, 0.25) is 0 Å². The Bertz CT molecular complexity index is 1470. The number of fused-ring (bicyclic) bond motifs is 2. The molecule has 5 rings (SSSR count). The highest BCUT2D eigenvalue weighted by Gasteiger charge is 2.18. The fraction of sp³-hybridized carbons (Fsp3) is 0.154. The lowest BCUT2D eigenvalue weighted by molar-refractivity contribution is 0.348. The van der Waals surface area contributed by atoms with Gasteiger partial charge in [0.25, 0.3) is 5.56 Å². The Hall–Kier alpha value is -3.09. The van der Waals surface area contributed by atoms with Crippen LogP contribution in [0, 0.1) is 13.8 Å². The number of aromatic nitrogens is 2. The van der Waals surface area contributed by atoms with Gasteiger partial charge in [0, 0.05) is 16.0 Å². The first-order chi connectivity index (χ1) is 15.6. The third kappa shape index (κ3) is 3.80. The maximum Gasteiger partial charge on any atom is 0.267 e. The van der Waals surface area contributed by atoms with E-state index in [2.05, 4.69) is 18.2 Å². The number of aryl methyl sites for hydroxylation is 2. The normalized spacial score (nSPS) is 11.3. The molecule has 2 heterocycles. The van der Waals surface area contributed by atoms with E-state index in [-0.39, 0.29) is 5.56 Å². The Kier molecular flexibility index (Phi) is 5.72. The average Bonchev–Trinajstić information content (AvgIpc) is 3.11. The van der Waals surface area contributed by atoms with Gasteiger partial charge in [0.15, 0.2) is 5.16 Å². The molecule has 160 valence electrons. The number of hydrogen-bond acceptors (Lipinski definition) is 5. The molecule has 0 aliphatic carbocycles. The molecule has 0 bridgehead atoms. The van der Waals surface area contributed by atoms with Crippen LogP contribution in [0.3, 0.4) is 0 Å². The Morgan fingerprint density at radius 1 is 0.969 bits per heavy atom. The summed E-state index contributed by atoms with van der Waals surface area (Å²) in [5, 5.41) is 3.67. The van der Waals surface area contributed by atoms with Gasteiger partial charge >= 0.3 is 0 Å². The second-order valence-electron chi connectivity index (χ2n) is 7.51. The van der Waals surface area contributed by atoms with Crippen molar-refractivity contribution in [2.75, 3.05) is 12.4 Å². The van der Waals surface area contributed by atoms with Crippen LogP contribution in [-0.2, 0) is 0 Å². The molecule has 0 atom stereocenters. The van der Waals surface area contributed by atoms with E-state index in [1.165, 1.54) is 0 Å². The van der Waals surface area contributed by atoms with Crippen molar-refractivity contribution in [2.45, 2.75) is 19.0 Å². The number of para-hydroxylation sites is 1. The molecular formula is C26H22N2O2S2. The molecule has 0 unspecified atom stereocenters. The van der Waals surface area contributed by atoms with E-state index >= 15 is 0 Å². The third-order valence-electron chi connectivity index (χ3n) is 5.51. The van der Waals surface area contributed by atoms with Crippen molar-refractivity contribution in [2.24, 2.45) is 0 Å². The van der Waals surface area contributed by atoms with Crippen molar-refractivity contribution >= 4 is 44.1 Å². The van der Waals surface area contributed by atoms with E-state index in [1.807, 2.05) is 68.4 Å². The molecule has 0 spiro atoms. The zero-order valence-electron chi connectivity index (χ0n) is 17.9. The Morgan fingerprint density at radius 3 is 2.56 bits per heavy atom. The number of ether oxygens (including phenoxy) is 1. The molecule has 5 aromatic rings. The summed E-state index contributed by atoms with van der Waals surface area (Å²) in [6, 6.07) is 24.0. The second kappa shape index (κ2) is 8.81. The van der Waals surface area contributed by atoms with Gasteiger partial charge in [-0.15, -0.1) is 11.3 Å². The topological polar surface area (TPSA) is 44.1 Å². The highest BCUT2D eigenvalue weighted by atomic mass is 32.2. The van der Waals surface area contributed by atoms with E-state index < -0.39 is 0 Å². The molecule has 32 heavy (non-hydrogen) atoms. The Labute approximate surface area is 194 Å². The smallest absolute Gasteiger partial charge is 0.267 e. The number of hydrogen-bond donors (Lipinski definition) is 0. The molecule has 6 heteroatoms. The summed E-state index contributed by atoms with van der Waals surface area (Å²) in [6.45, 7) is 4.56. The van der Waals surface area contributed by atoms with Gasteiger partial charge < -0.3 is 4.74 Å². The highest BCUT2D eigenvalue weighted by molar-refractivity contribution is 7.99. The van der Waals surface area contributed by atoms with Gasteiger partial charge in [-0.25, -0.2) is 4.98 Å². The van der Waals surface area contributed by atoms with E-state index in [0.29, 0.717) is 22.9 Å². The van der Waals surface area contributed by atoms with E-state index in [1.54, 1.807) is 27.7 Å². The van der Waals surface area contributed by atoms with Crippen LogP contribution in [0.2, 0.25) is 0 Å². The maximum absolute atomic E-state index is 13.5. The molecule has 0 saturated heterocycles. The first kappa shape index (κ1) is 20.8. The summed E-state index contributed by atoms with van der Waals surface area (Å²) in [7, 11) is 0. The monoisotopic (exact) mass is 458 g/mol. The summed E-state index contributed by atoms with van der Waals surface area (Å²) >= 11 is 3.12. The maximum atomic E-state index is 13.5. The number of thioether (sulfide) groups is 1. The lowest BCUT2D eigenvalue weighted by Crippen LogP contribution is -2.22. The summed E-state index contributed by atoms with van der Waals surface area (Å²) in [4.78, 5) is 20.3. The van der Waals surface area contributed by atoms with Crippen LogP contribution in [0.25, 0.3) is 26.7 Å². The zero-order valence-corrected chi connectivity index (χ0v) is 19.5. The fourth-order valence-electron chi connectivity index (χ4n) is 3.78. The molecule has 2 aromatic heterocycles. The van der Waals surface area contributed by atoms with Gasteiger partial charge in [-0.05, 0) is 43.0 Å². The summed E-state index contributed by atoms with van der Waals surface area (Å²) in [6.07, 6.45) is 0. The molecule has 0 saturated carbocycles. The van der Waals surface area contributed by atoms with Gasteiger partial charge in [0.1, 0.15) is 10.6 Å². The van der Waals surface area contributed by atoms with Gasteiger partial charge in [0.05, 0.1) is 17.7 Å². The van der Waals surface area contributed by atoms with Crippen molar-refractivity contribution < 1.29 is 4.74 Å². The summed E-state index contributed by atoms with van der Waals surface area (Å²) in [5.74, 6) is 1.55. The SMILES string of the molecule is Cc1sc2nc(SCCOc3cccc4ccccc34)n(-c3ccccc3)c(=O)c2c1C. The van der Waals surface area contributed by atoms with Crippen LogP contribution < -0.4 is 10.3 Å². The van der Waals surface area contributed by atoms with Crippen LogP contribution in [0.5, 0.6) is 5.75 Å². The highest BCUT2D eigenvalue weighted by Crippen LogP contribution is 2.30.